The largest absolute Gasteiger partial charge is 0.462 e. The van der Waals surface area contributed by atoms with Gasteiger partial charge in [0, 0.05) is 6.42 Å². The van der Waals surface area contributed by atoms with Gasteiger partial charge in [-0.1, -0.05) is 26.2 Å². The minimum absolute atomic E-state index is 0.0307. The topological polar surface area (TPSA) is 26.3 Å². The Kier molecular flexibility index (Phi) is 3.66. The highest BCUT2D eigenvalue weighted by Gasteiger charge is 2.35. The predicted octanol–water partition coefficient (Wildman–Crippen LogP) is 3.30. The van der Waals surface area contributed by atoms with Gasteiger partial charge in [0.15, 0.2) is 0 Å². The van der Waals surface area contributed by atoms with E-state index < -0.39 is 0 Å². The quantitative estimate of drug-likeness (QED) is 0.665. The summed E-state index contributed by atoms with van der Waals surface area (Å²) in [7, 11) is 0. The fourth-order valence-electron chi connectivity index (χ4n) is 3.11. The lowest BCUT2D eigenvalue weighted by Gasteiger charge is -2.27. The van der Waals surface area contributed by atoms with Gasteiger partial charge in [0.05, 0.1) is 0 Å². The van der Waals surface area contributed by atoms with Crippen LogP contribution in [0.3, 0.4) is 0 Å². The second-order valence-corrected chi connectivity index (χ2v) is 5.23. The highest BCUT2D eigenvalue weighted by atomic mass is 16.5. The zero-order valence-electron chi connectivity index (χ0n) is 9.71. The van der Waals surface area contributed by atoms with Crippen molar-refractivity contribution in [1.82, 2.24) is 0 Å². The Bertz CT molecular complexity index is 213. The van der Waals surface area contributed by atoms with E-state index in [-0.39, 0.29) is 12.1 Å². The molecule has 0 radical (unpaired) electrons. The molecular weight excluding hydrogens is 188 g/mol. The molecule has 2 rings (SSSR count). The molecule has 86 valence electrons. The van der Waals surface area contributed by atoms with Gasteiger partial charge in [0.2, 0.25) is 0 Å². The van der Waals surface area contributed by atoms with E-state index in [9.17, 15) is 4.79 Å². The van der Waals surface area contributed by atoms with Crippen molar-refractivity contribution in [3.63, 3.8) is 0 Å². The summed E-state index contributed by atoms with van der Waals surface area (Å²) >= 11 is 0. The van der Waals surface area contributed by atoms with Gasteiger partial charge in [-0.2, -0.15) is 0 Å². The summed E-state index contributed by atoms with van der Waals surface area (Å²) < 4.78 is 5.54. The van der Waals surface area contributed by atoms with Crippen LogP contribution < -0.4 is 0 Å². The summed E-state index contributed by atoms with van der Waals surface area (Å²) in [5.74, 6) is 1.74. The van der Waals surface area contributed by atoms with Crippen LogP contribution in [0.2, 0.25) is 0 Å². The van der Waals surface area contributed by atoms with Crippen LogP contribution in [-0.4, -0.2) is 12.1 Å². The highest BCUT2D eigenvalue weighted by molar-refractivity contribution is 5.69. The van der Waals surface area contributed by atoms with E-state index in [1.807, 2.05) is 0 Å². The van der Waals surface area contributed by atoms with Crippen molar-refractivity contribution in [2.45, 2.75) is 64.4 Å². The van der Waals surface area contributed by atoms with Crippen molar-refractivity contribution in [1.29, 1.82) is 0 Å². The number of hydrogen-bond donors (Lipinski definition) is 0. The van der Waals surface area contributed by atoms with Gasteiger partial charge in [0.1, 0.15) is 6.10 Å². The Morgan fingerprint density at radius 1 is 1.20 bits per heavy atom. The van der Waals surface area contributed by atoms with E-state index in [0.717, 1.165) is 37.5 Å². The average molecular weight is 210 g/mol. The molecule has 2 heteroatoms. The monoisotopic (exact) mass is 210 g/mol. The van der Waals surface area contributed by atoms with Crippen molar-refractivity contribution in [2.24, 2.45) is 11.8 Å². The molecule has 0 saturated heterocycles. The van der Waals surface area contributed by atoms with Crippen LogP contribution in [0, 0.1) is 11.8 Å². The van der Waals surface area contributed by atoms with E-state index in [1.165, 1.54) is 19.3 Å². The van der Waals surface area contributed by atoms with E-state index in [2.05, 4.69) is 6.92 Å². The van der Waals surface area contributed by atoms with Crippen molar-refractivity contribution in [3.8, 4) is 0 Å². The van der Waals surface area contributed by atoms with E-state index in [1.54, 1.807) is 0 Å². The SMILES string of the molecule is CCCCC(=O)OC1CC2CCC(C2)C1. The minimum Gasteiger partial charge on any atom is -0.462 e. The Morgan fingerprint density at radius 3 is 2.47 bits per heavy atom. The molecule has 0 heterocycles. The molecule has 15 heavy (non-hydrogen) atoms. The molecule has 2 aliphatic rings. The van der Waals surface area contributed by atoms with Gasteiger partial charge < -0.3 is 4.74 Å². The first kappa shape index (κ1) is 11.0. The third-order valence-corrected chi connectivity index (χ3v) is 3.87. The molecule has 0 aromatic rings. The summed E-state index contributed by atoms with van der Waals surface area (Å²) in [5.41, 5.74) is 0. The molecule has 0 aliphatic heterocycles. The summed E-state index contributed by atoms with van der Waals surface area (Å²) in [4.78, 5) is 11.5. The lowest BCUT2D eigenvalue weighted by molar-refractivity contribution is -0.151. The smallest absolute Gasteiger partial charge is 0.306 e. The molecule has 0 N–H and O–H groups in total. The maximum absolute atomic E-state index is 11.5. The van der Waals surface area contributed by atoms with Gasteiger partial charge in [-0.25, -0.2) is 0 Å². The van der Waals surface area contributed by atoms with Crippen molar-refractivity contribution >= 4 is 5.97 Å². The maximum Gasteiger partial charge on any atom is 0.306 e. The fraction of sp³-hybridized carbons (Fsp3) is 0.923. The number of carbonyl (C=O) groups is 1. The van der Waals surface area contributed by atoms with E-state index in [4.69, 9.17) is 4.74 Å². The maximum atomic E-state index is 11.5. The van der Waals surface area contributed by atoms with Crippen LogP contribution in [-0.2, 0) is 9.53 Å². The normalized spacial score (nSPS) is 34.1. The number of rotatable bonds is 4. The molecule has 2 saturated carbocycles. The number of esters is 1. The molecule has 0 aromatic carbocycles. The zero-order valence-corrected chi connectivity index (χ0v) is 9.71. The molecule has 0 aromatic heterocycles. The van der Waals surface area contributed by atoms with Crippen molar-refractivity contribution in [3.05, 3.63) is 0 Å². The zero-order chi connectivity index (χ0) is 10.7. The fourth-order valence-corrected chi connectivity index (χ4v) is 3.11. The summed E-state index contributed by atoms with van der Waals surface area (Å²) in [6.45, 7) is 2.11. The lowest BCUT2D eigenvalue weighted by Crippen LogP contribution is -2.26. The minimum atomic E-state index is 0.0307. The first-order valence-electron chi connectivity index (χ1n) is 6.47. The average Bonchev–Trinajstić information content (AvgIpc) is 2.55. The van der Waals surface area contributed by atoms with Gasteiger partial charge in [0.25, 0.3) is 0 Å². The van der Waals surface area contributed by atoms with Crippen LogP contribution in [0.5, 0.6) is 0 Å². The van der Waals surface area contributed by atoms with Gasteiger partial charge in [-0.05, 0) is 37.5 Å². The Hall–Kier alpha value is -0.530. The van der Waals surface area contributed by atoms with Crippen LogP contribution in [0.1, 0.15) is 58.3 Å². The Balaban J connectivity index is 1.73. The standard InChI is InChI=1S/C13H22O2/c1-2-3-4-13(14)15-12-8-10-5-6-11(7-10)9-12/h10-12H,2-9H2,1H3. The second kappa shape index (κ2) is 5.00. The van der Waals surface area contributed by atoms with E-state index >= 15 is 0 Å². The Morgan fingerprint density at radius 2 is 1.87 bits per heavy atom. The van der Waals surface area contributed by atoms with Gasteiger partial charge in [-0.15, -0.1) is 0 Å². The van der Waals surface area contributed by atoms with E-state index in [0.29, 0.717) is 6.42 Å². The highest BCUT2D eigenvalue weighted by Crippen LogP contribution is 2.42. The van der Waals surface area contributed by atoms with Crippen LogP contribution in [0.4, 0.5) is 0 Å². The number of ether oxygens (including phenoxy) is 1. The molecule has 2 atom stereocenters. The van der Waals surface area contributed by atoms with Crippen LogP contribution in [0.25, 0.3) is 0 Å². The van der Waals surface area contributed by atoms with Crippen molar-refractivity contribution in [2.75, 3.05) is 0 Å². The van der Waals surface area contributed by atoms with Crippen molar-refractivity contribution < 1.29 is 9.53 Å². The Labute approximate surface area is 92.4 Å². The molecule has 2 aliphatic carbocycles. The number of hydrogen-bond acceptors (Lipinski definition) is 2. The number of fused-ring (bicyclic) bond motifs is 2. The number of carbonyl (C=O) groups excluding carboxylic acids is 1. The van der Waals surface area contributed by atoms with Gasteiger partial charge >= 0.3 is 5.97 Å². The molecular formula is C13H22O2. The molecule has 2 nitrogen and oxygen atoms in total. The summed E-state index contributed by atoms with van der Waals surface area (Å²) in [5, 5.41) is 0. The molecule has 2 bridgehead atoms. The molecule has 0 amide bonds. The second-order valence-electron chi connectivity index (χ2n) is 5.23. The molecule has 2 unspecified atom stereocenters. The van der Waals surface area contributed by atoms with Crippen LogP contribution >= 0.6 is 0 Å². The predicted molar refractivity (Wildman–Crippen MR) is 59.5 cm³/mol. The van der Waals surface area contributed by atoms with Crippen LogP contribution in [0.15, 0.2) is 0 Å². The summed E-state index contributed by atoms with van der Waals surface area (Å²) in [6.07, 6.45) is 9.30. The molecule has 0 spiro atoms. The lowest BCUT2D eigenvalue weighted by atomic mass is 9.87. The van der Waals surface area contributed by atoms with Gasteiger partial charge in [-0.3, -0.25) is 4.79 Å². The number of unbranched alkanes of at least 4 members (excludes halogenated alkanes) is 1. The third kappa shape index (κ3) is 2.96. The molecule has 2 fully saturated rings. The summed E-state index contributed by atoms with van der Waals surface area (Å²) in [6, 6.07) is 0. The first-order chi connectivity index (χ1) is 7.28. The first-order valence-corrected chi connectivity index (χ1v) is 6.47. The third-order valence-electron chi connectivity index (χ3n) is 3.87.